The number of nitrogens with two attached hydrogens (primary N) is 1. The average Bonchev–Trinajstić information content (AvgIpc) is 3.40. The molecule has 0 radical (unpaired) electrons. The zero-order valence-corrected chi connectivity index (χ0v) is 18.7. The van der Waals surface area contributed by atoms with Gasteiger partial charge in [-0.3, -0.25) is 9.89 Å². The van der Waals surface area contributed by atoms with Gasteiger partial charge in [0.05, 0.1) is 24.2 Å². The summed E-state index contributed by atoms with van der Waals surface area (Å²) in [6.45, 7) is 3.98. The van der Waals surface area contributed by atoms with Crippen LogP contribution >= 0.6 is 11.8 Å². The van der Waals surface area contributed by atoms with E-state index in [9.17, 15) is 4.79 Å². The monoisotopic (exact) mass is 449 g/mol. The first kappa shape index (κ1) is 21.4. The van der Waals surface area contributed by atoms with Crippen molar-refractivity contribution in [3.05, 3.63) is 59.7 Å². The number of amides is 1. The molecular formula is C22H23N7O2S. The van der Waals surface area contributed by atoms with Crippen LogP contribution in [0.1, 0.15) is 11.1 Å². The molecule has 2 heterocycles. The predicted molar refractivity (Wildman–Crippen MR) is 125 cm³/mol. The van der Waals surface area contributed by atoms with E-state index in [4.69, 9.17) is 10.6 Å². The van der Waals surface area contributed by atoms with Gasteiger partial charge in [-0.05, 0) is 37.6 Å². The molecule has 0 spiro atoms. The molecule has 9 nitrogen and oxygen atoms in total. The number of aromatic amines is 1. The fraction of sp³-hybridized carbons (Fsp3) is 0.182. The Kier molecular flexibility index (Phi) is 6.13. The second-order valence-corrected chi connectivity index (χ2v) is 8.19. The number of ether oxygens (including phenoxy) is 1. The molecule has 0 aliphatic carbocycles. The van der Waals surface area contributed by atoms with Crippen LogP contribution in [0.4, 0.5) is 5.69 Å². The minimum Gasteiger partial charge on any atom is -0.495 e. The minimum atomic E-state index is -0.202. The third-order valence-electron chi connectivity index (χ3n) is 4.79. The highest BCUT2D eigenvalue weighted by Gasteiger charge is 2.17. The summed E-state index contributed by atoms with van der Waals surface area (Å²) >= 11 is 1.19. The summed E-state index contributed by atoms with van der Waals surface area (Å²) in [5.41, 5.74) is 5.22. The highest BCUT2D eigenvalue weighted by Crippen LogP contribution is 2.27. The minimum absolute atomic E-state index is 0.115. The lowest BCUT2D eigenvalue weighted by molar-refractivity contribution is -0.113. The molecule has 0 saturated heterocycles. The second-order valence-electron chi connectivity index (χ2n) is 7.25. The van der Waals surface area contributed by atoms with Crippen molar-refractivity contribution in [2.24, 2.45) is 0 Å². The number of thioether (sulfide) groups is 1. The highest BCUT2D eigenvalue weighted by molar-refractivity contribution is 7.99. The molecule has 0 unspecified atom stereocenters. The quantitative estimate of drug-likeness (QED) is 0.292. The van der Waals surface area contributed by atoms with Crippen LogP contribution in [0, 0.1) is 13.8 Å². The summed E-state index contributed by atoms with van der Waals surface area (Å²) in [5.74, 6) is 7.12. The van der Waals surface area contributed by atoms with Gasteiger partial charge in [0.25, 0.3) is 0 Å². The standard InChI is InChI=1S/C22H23N7O2S/c1-13-4-7-15(8-5-13)16-11-18(26-25-16)21-27-28-22(29(21)23)32-12-20(30)24-17-10-14(2)6-9-19(17)31-3/h4-11H,12,23H2,1-3H3,(H,24,30)(H,25,26). The van der Waals surface area contributed by atoms with Crippen molar-refractivity contribution in [3.63, 3.8) is 0 Å². The van der Waals surface area contributed by atoms with E-state index in [1.807, 2.05) is 62.4 Å². The van der Waals surface area contributed by atoms with Crippen molar-refractivity contribution >= 4 is 23.4 Å². The largest absolute Gasteiger partial charge is 0.495 e. The number of aromatic nitrogens is 5. The van der Waals surface area contributed by atoms with Gasteiger partial charge in [-0.1, -0.05) is 47.7 Å². The third kappa shape index (κ3) is 4.59. The molecule has 4 aromatic rings. The van der Waals surface area contributed by atoms with Crippen molar-refractivity contribution in [2.45, 2.75) is 19.0 Å². The summed E-state index contributed by atoms with van der Waals surface area (Å²) in [7, 11) is 1.56. The summed E-state index contributed by atoms with van der Waals surface area (Å²) < 4.78 is 6.64. The van der Waals surface area contributed by atoms with Crippen molar-refractivity contribution in [1.82, 2.24) is 25.1 Å². The summed E-state index contributed by atoms with van der Waals surface area (Å²) in [4.78, 5) is 12.4. The Morgan fingerprint density at radius 1 is 1.12 bits per heavy atom. The fourth-order valence-corrected chi connectivity index (χ4v) is 3.76. The summed E-state index contributed by atoms with van der Waals surface area (Å²) in [6, 6.07) is 15.5. The van der Waals surface area contributed by atoms with Crippen LogP contribution in [0.3, 0.4) is 0 Å². The van der Waals surface area contributed by atoms with Gasteiger partial charge in [0.2, 0.25) is 16.9 Å². The van der Waals surface area contributed by atoms with E-state index in [0.29, 0.717) is 28.1 Å². The number of nitrogens with one attached hydrogen (secondary N) is 2. The van der Waals surface area contributed by atoms with Crippen LogP contribution in [-0.2, 0) is 4.79 Å². The molecule has 0 saturated carbocycles. The molecular weight excluding hydrogens is 426 g/mol. The molecule has 2 aromatic carbocycles. The molecule has 10 heteroatoms. The Labute approximate surface area is 189 Å². The van der Waals surface area contributed by atoms with Gasteiger partial charge in [-0.2, -0.15) is 5.10 Å². The van der Waals surface area contributed by atoms with Crippen LogP contribution in [0.25, 0.3) is 22.8 Å². The van der Waals surface area contributed by atoms with Crippen LogP contribution < -0.4 is 15.9 Å². The van der Waals surface area contributed by atoms with Gasteiger partial charge < -0.3 is 15.9 Å². The van der Waals surface area contributed by atoms with Crippen LogP contribution in [0.15, 0.2) is 53.7 Å². The zero-order valence-electron chi connectivity index (χ0n) is 17.9. The Hall–Kier alpha value is -3.79. The van der Waals surface area contributed by atoms with E-state index in [2.05, 4.69) is 25.7 Å². The topological polar surface area (TPSA) is 124 Å². The van der Waals surface area contributed by atoms with Crippen molar-refractivity contribution < 1.29 is 9.53 Å². The third-order valence-corrected chi connectivity index (χ3v) is 5.74. The van der Waals surface area contributed by atoms with Gasteiger partial charge in [0.15, 0.2) is 0 Å². The number of carbonyl (C=O) groups excluding carboxylic acids is 1. The van der Waals surface area contributed by atoms with E-state index in [0.717, 1.165) is 16.8 Å². The number of rotatable bonds is 7. The second kappa shape index (κ2) is 9.15. The van der Waals surface area contributed by atoms with E-state index in [1.165, 1.54) is 22.0 Å². The molecule has 0 atom stereocenters. The molecule has 4 rings (SSSR count). The van der Waals surface area contributed by atoms with Gasteiger partial charge in [-0.15, -0.1) is 10.2 Å². The lowest BCUT2D eigenvalue weighted by Crippen LogP contribution is -2.17. The molecule has 164 valence electrons. The normalized spacial score (nSPS) is 10.8. The Morgan fingerprint density at radius 3 is 2.62 bits per heavy atom. The number of benzene rings is 2. The van der Waals surface area contributed by atoms with Crippen molar-refractivity contribution in [2.75, 3.05) is 24.0 Å². The number of hydrogen-bond donors (Lipinski definition) is 3. The number of methoxy groups -OCH3 is 1. The molecule has 1 amide bonds. The van der Waals surface area contributed by atoms with E-state index in [1.54, 1.807) is 7.11 Å². The number of anilines is 1. The molecule has 0 aliphatic rings. The Balaban J connectivity index is 1.43. The highest BCUT2D eigenvalue weighted by atomic mass is 32.2. The number of nitrogens with zero attached hydrogens (tertiary/aromatic N) is 4. The van der Waals surface area contributed by atoms with E-state index >= 15 is 0 Å². The number of carbonyl (C=O) groups is 1. The van der Waals surface area contributed by atoms with Gasteiger partial charge in [0, 0.05) is 5.56 Å². The molecule has 0 aliphatic heterocycles. The molecule has 0 bridgehead atoms. The number of H-pyrrole nitrogens is 1. The molecule has 4 N–H and O–H groups in total. The lowest BCUT2D eigenvalue weighted by Gasteiger charge is -2.10. The number of aryl methyl sites for hydroxylation is 2. The molecule has 32 heavy (non-hydrogen) atoms. The van der Waals surface area contributed by atoms with Crippen molar-refractivity contribution in [3.8, 4) is 28.5 Å². The van der Waals surface area contributed by atoms with Gasteiger partial charge in [0.1, 0.15) is 11.4 Å². The maximum absolute atomic E-state index is 12.4. The smallest absolute Gasteiger partial charge is 0.234 e. The Morgan fingerprint density at radius 2 is 1.88 bits per heavy atom. The average molecular weight is 450 g/mol. The number of hydrogen-bond acceptors (Lipinski definition) is 7. The van der Waals surface area contributed by atoms with Crippen molar-refractivity contribution in [1.29, 1.82) is 0 Å². The van der Waals surface area contributed by atoms with Crippen LogP contribution in [0.5, 0.6) is 5.75 Å². The predicted octanol–water partition coefficient (Wildman–Crippen LogP) is 3.41. The first-order valence-corrected chi connectivity index (χ1v) is 10.8. The lowest BCUT2D eigenvalue weighted by atomic mass is 10.1. The van der Waals surface area contributed by atoms with Gasteiger partial charge >= 0.3 is 0 Å². The number of nitrogen functional groups attached to an aromatic ring is 1. The maximum Gasteiger partial charge on any atom is 0.234 e. The Bertz CT molecular complexity index is 1250. The summed E-state index contributed by atoms with van der Waals surface area (Å²) in [5, 5.41) is 18.8. The molecule has 0 fully saturated rings. The first-order chi connectivity index (χ1) is 15.4. The van der Waals surface area contributed by atoms with Gasteiger partial charge in [-0.25, -0.2) is 4.68 Å². The molecule has 2 aromatic heterocycles. The van der Waals surface area contributed by atoms with Crippen LogP contribution in [0.2, 0.25) is 0 Å². The zero-order chi connectivity index (χ0) is 22.7. The SMILES string of the molecule is COc1ccc(C)cc1NC(=O)CSc1nnc(-c2cc(-c3ccc(C)cc3)n[nH]2)n1N. The first-order valence-electron chi connectivity index (χ1n) is 9.85. The maximum atomic E-state index is 12.4. The fourth-order valence-electron chi connectivity index (χ4n) is 3.10. The summed E-state index contributed by atoms with van der Waals surface area (Å²) in [6.07, 6.45) is 0. The van der Waals surface area contributed by atoms with Crippen LogP contribution in [-0.4, -0.2) is 43.8 Å². The van der Waals surface area contributed by atoms with E-state index < -0.39 is 0 Å². The van der Waals surface area contributed by atoms with E-state index in [-0.39, 0.29) is 11.7 Å².